The second-order valence-electron chi connectivity index (χ2n) is 7.90. The molecule has 0 radical (unpaired) electrons. The van der Waals surface area contributed by atoms with E-state index in [1.165, 1.54) is 0 Å². The van der Waals surface area contributed by atoms with Crippen LogP contribution in [0.3, 0.4) is 0 Å². The molecule has 4 rings (SSSR count). The van der Waals surface area contributed by atoms with Crippen molar-refractivity contribution in [2.24, 2.45) is 5.92 Å². The molecule has 1 spiro atoms. The molecule has 2 aromatic heterocycles. The summed E-state index contributed by atoms with van der Waals surface area (Å²) in [6.07, 6.45) is 3.01. The zero-order chi connectivity index (χ0) is 20.1. The minimum absolute atomic E-state index is 0.0775. The molecule has 0 aliphatic carbocycles. The molecule has 0 bridgehead atoms. The van der Waals surface area contributed by atoms with Crippen LogP contribution in [-0.2, 0) is 16.1 Å². The monoisotopic (exact) mass is 384 g/mol. The minimum atomic E-state index is -0.897. The van der Waals surface area contributed by atoms with Gasteiger partial charge in [-0.3, -0.25) is 23.7 Å². The molecular weight excluding hydrogens is 360 g/mol. The van der Waals surface area contributed by atoms with Gasteiger partial charge < -0.3 is 10.0 Å². The summed E-state index contributed by atoms with van der Waals surface area (Å²) in [6, 6.07) is 5.31. The number of amides is 1. The van der Waals surface area contributed by atoms with Crippen LogP contribution in [0.25, 0.3) is 5.65 Å². The SMILES string of the molecule is Cc1cccn2c(=O)cc(CN3CCC4(CC3)C(C(=O)O)CC(=O)N4C)nc12. The molecule has 2 fully saturated rings. The van der Waals surface area contributed by atoms with Gasteiger partial charge in [0.05, 0.1) is 17.2 Å². The Morgan fingerprint density at radius 1 is 1.32 bits per heavy atom. The maximum Gasteiger partial charge on any atom is 0.309 e. The van der Waals surface area contributed by atoms with Crippen molar-refractivity contribution in [1.82, 2.24) is 19.2 Å². The van der Waals surface area contributed by atoms with Crippen LogP contribution in [0.2, 0.25) is 0 Å². The molecule has 28 heavy (non-hydrogen) atoms. The van der Waals surface area contributed by atoms with Crippen molar-refractivity contribution in [2.75, 3.05) is 20.1 Å². The molecule has 8 heteroatoms. The van der Waals surface area contributed by atoms with E-state index in [1.807, 2.05) is 19.1 Å². The van der Waals surface area contributed by atoms with Gasteiger partial charge in [0.15, 0.2) is 0 Å². The summed E-state index contributed by atoms with van der Waals surface area (Å²) in [6.45, 7) is 3.78. The number of carbonyl (C=O) groups is 2. The Morgan fingerprint density at radius 2 is 2.04 bits per heavy atom. The van der Waals surface area contributed by atoms with Crippen molar-refractivity contribution >= 4 is 17.5 Å². The molecule has 2 aliphatic rings. The van der Waals surface area contributed by atoms with Crippen LogP contribution in [0.15, 0.2) is 29.2 Å². The number of aryl methyl sites for hydroxylation is 1. The van der Waals surface area contributed by atoms with E-state index in [9.17, 15) is 19.5 Å². The lowest BCUT2D eigenvalue weighted by molar-refractivity contribution is -0.146. The Balaban J connectivity index is 1.53. The quantitative estimate of drug-likeness (QED) is 0.845. The van der Waals surface area contributed by atoms with Crippen molar-refractivity contribution in [3.63, 3.8) is 0 Å². The predicted molar refractivity (Wildman–Crippen MR) is 102 cm³/mol. The number of nitrogens with zero attached hydrogens (tertiary/aromatic N) is 4. The molecule has 2 aliphatic heterocycles. The third-order valence-corrected chi connectivity index (χ3v) is 6.41. The Labute approximate surface area is 162 Å². The van der Waals surface area contributed by atoms with Gasteiger partial charge in [0.2, 0.25) is 5.91 Å². The third-order valence-electron chi connectivity index (χ3n) is 6.41. The molecule has 1 atom stereocenters. The first-order valence-electron chi connectivity index (χ1n) is 9.51. The van der Waals surface area contributed by atoms with Crippen molar-refractivity contribution in [3.05, 3.63) is 46.0 Å². The van der Waals surface area contributed by atoms with Crippen LogP contribution in [0.5, 0.6) is 0 Å². The average molecular weight is 384 g/mol. The van der Waals surface area contributed by atoms with E-state index in [0.29, 0.717) is 43.8 Å². The van der Waals surface area contributed by atoms with Gasteiger partial charge in [-0.25, -0.2) is 4.98 Å². The maximum atomic E-state index is 12.4. The van der Waals surface area contributed by atoms with Gasteiger partial charge in [-0.05, 0) is 31.4 Å². The van der Waals surface area contributed by atoms with E-state index in [-0.39, 0.29) is 17.9 Å². The Hall–Kier alpha value is -2.74. The number of aromatic nitrogens is 2. The lowest BCUT2D eigenvalue weighted by Gasteiger charge is -2.45. The number of likely N-dealkylation sites (tertiary alicyclic amines) is 2. The van der Waals surface area contributed by atoms with E-state index in [2.05, 4.69) is 9.88 Å². The highest BCUT2D eigenvalue weighted by atomic mass is 16.4. The number of carboxylic acid groups (broad SMARTS) is 1. The van der Waals surface area contributed by atoms with E-state index in [0.717, 1.165) is 5.56 Å². The van der Waals surface area contributed by atoms with Gasteiger partial charge in [-0.2, -0.15) is 0 Å². The van der Waals surface area contributed by atoms with Crippen LogP contribution in [-0.4, -0.2) is 61.8 Å². The topological polar surface area (TPSA) is 95.2 Å². The first kappa shape index (κ1) is 18.6. The summed E-state index contributed by atoms with van der Waals surface area (Å²) in [5.74, 6) is -1.65. The third kappa shape index (κ3) is 2.88. The van der Waals surface area contributed by atoms with Crippen LogP contribution in [0, 0.1) is 12.8 Å². The molecule has 0 aromatic carbocycles. The highest BCUT2D eigenvalue weighted by Crippen LogP contribution is 2.42. The lowest BCUT2D eigenvalue weighted by atomic mass is 9.77. The van der Waals surface area contributed by atoms with Gasteiger partial charge in [0.25, 0.3) is 5.56 Å². The van der Waals surface area contributed by atoms with Crippen molar-refractivity contribution in [3.8, 4) is 0 Å². The van der Waals surface area contributed by atoms with Gasteiger partial charge in [0.1, 0.15) is 5.65 Å². The number of hydrogen-bond donors (Lipinski definition) is 1. The summed E-state index contributed by atoms with van der Waals surface area (Å²) in [5, 5.41) is 9.58. The summed E-state index contributed by atoms with van der Waals surface area (Å²) >= 11 is 0. The number of carbonyl (C=O) groups excluding carboxylic acids is 1. The fourth-order valence-corrected chi connectivity index (χ4v) is 4.70. The molecule has 148 valence electrons. The van der Waals surface area contributed by atoms with Crippen molar-refractivity contribution in [1.29, 1.82) is 0 Å². The lowest BCUT2D eigenvalue weighted by Crippen LogP contribution is -2.56. The summed E-state index contributed by atoms with van der Waals surface area (Å²) in [5.41, 5.74) is 1.59. The van der Waals surface area contributed by atoms with Crippen molar-refractivity contribution in [2.45, 2.75) is 38.3 Å². The van der Waals surface area contributed by atoms with Gasteiger partial charge >= 0.3 is 5.97 Å². The van der Waals surface area contributed by atoms with Crippen LogP contribution < -0.4 is 5.56 Å². The molecule has 8 nitrogen and oxygen atoms in total. The summed E-state index contributed by atoms with van der Waals surface area (Å²) < 4.78 is 1.54. The molecule has 4 heterocycles. The number of aliphatic carboxylic acids is 1. The molecule has 1 unspecified atom stereocenters. The molecular formula is C20H24N4O4. The van der Waals surface area contributed by atoms with E-state index < -0.39 is 17.4 Å². The Kier molecular flexibility index (Phi) is 4.45. The highest BCUT2D eigenvalue weighted by Gasteiger charge is 2.55. The molecule has 1 amide bonds. The number of fused-ring (bicyclic) bond motifs is 1. The summed E-state index contributed by atoms with van der Waals surface area (Å²) in [4.78, 5) is 44.7. The number of rotatable bonds is 3. The standard InChI is InChI=1S/C20H24N4O4/c1-13-4-3-7-24-17(26)10-14(21-18(13)24)12-23-8-5-20(6-9-23)15(19(27)28)11-16(25)22(20)2/h3-4,7,10,15H,5-6,8-9,11-12H2,1-2H3,(H,27,28). The summed E-state index contributed by atoms with van der Waals surface area (Å²) in [7, 11) is 1.72. The molecule has 2 saturated heterocycles. The number of hydrogen-bond acceptors (Lipinski definition) is 5. The first-order chi connectivity index (χ1) is 13.3. The zero-order valence-electron chi connectivity index (χ0n) is 16.1. The van der Waals surface area contributed by atoms with Gasteiger partial charge in [0, 0.05) is 45.4 Å². The average Bonchev–Trinajstić information content (AvgIpc) is 2.90. The second kappa shape index (κ2) is 6.70. The number of carboxylic acids is 1. The van der Waals surface area contributed by atoms with E-state index in [1.54, 1.807) is 28.6 Å². The Bertz CT molecular complexity index is 1010. The van der Waals surface area contributed by atoms with Crippen molar-refractivity contribution < 1.29 is 14.7 Å². The van der Waals surface area contributed by atoms with E-state index in [4.69, 9.17) is 0 Å². The number of pyridine rings is 1. The Morgan fingerprint density at radius 3 is 2.71 bits per heavy atom. The van der Waals surface area contributed by atoms with Crippen LogP contribution in [0.4, 0.5) is 0 Å². The molecule has 0 saturated carbocycles. The predicted octanol–water partition coefficient (Wildman–Crippen LogP) is 0.900. The smallest absolute Gasteiger partial charge is 0.309 e. The fraction of sp³-hybridized carbons (Fsp3) is 0.500. The number of piperidine rings is 1. The maximum absolute atomic E-state index is 12.4. The van der Waals surface area contributed by atoms with Gasteiger partial charge in [-0.1, -0.05) is 6.07 Å². The first-order valence-corrected chi connectivity index (χ1v) is 9.51. The van der Waals surface area contributed by atoms with E-state index >= 15 is 0 Å². The molecule has 2 aromatic rings. The molecule has 1 N–H and O–H groups in total. The highest BCUT2D eigenvalue weighted by molar-refractivity contribution is 5.88. The minimum Gasteiger partial charge on any atom is -0.481 e. The van der Waals surface area contributed by atoms with Gasteiger partial charge in [-0.15, -0.1) is 0 Å². The largest absolute Gasteiger partial charge is 0.481 e. The normalized spacial score (nSPS) is 22.3. The fourth-order valence-electron chi connectivity index (χ4n) is 4.70. The van der Waals surface area contributed by atoms with Crippen LogP contribution >= 0.6 is 0 Å². The van der Waals surface area contributed by atoms with Crippen LogP contribution in [0.1, 0.15) is 30.5 Å². The second-order valence-corrected chi connectivity index (χ2v) is 7.90. The zero-order valence-corrected chi connectivity index (χ0v) is 16.1.